The third-order valence-corrected chi connectivity index (χ3v) is 4.04. The van der Waals surface area contributed by atoms with Gasteiger partial charge in [-0.3, -0.25) is 0 Å². The Morgan fingerprint density at radius 2 is 1.92 bits per heavy atom. The van der Waals surface area contributed by atoms with Crippen LogP contribution in [0.5, 0.6) is 5.88 Å². The zero-order valence-electron chi connectivity index (χ0n) is 14.5. The molecular formula is C19H18N6O. The lowest BCUT2D eigenvalue weighted by atomic mass is 10.2. The molecule has 7 nitrogen and oxygen atoms in total. The minimum Gasteiger partial charge on any atom is -0.481 e. The van der Waals surface area contributed by atoms with Crippen molar-refractivity contribution in [1.82, 2.24) is 24.9 Å². The molecule has 4 aromatic rings. The molecule has 0 radical (unpaired) electrons. The average Bonchev–Trinajstić information content (AvgIpc) is 3.10. The van der Waals surface area contributed by atoms with E-state index < -0.39 is 0 Å². The Hall–Kier alpha value is -3.48. The maximum absolute atomic E-state index is 5.09. The predicted molar refractivity (Wildman–Crippen MR) is 100.0 cm³/mol. The van der Waals surface area contributed by atoms with Crippen LogP contribution < -0.4 is 10.1 Å². The molecule has 7 heteroatoms. The van der Waals surface area contributed by atoms with Crippen molar-refractivity contribution < 1.29 is 4.74 Å². The number of aromatic nitrogens is 5. The number of hydrogen-bond acceptors (Lipinski definition) is 6. The summed E-state index contributed by atoms with van der Waals surface area (Å²) in [6, 6.07) is 11.6. The third kappa shape index (κ3) is 3.19. The predicted octanol–water partition coefficient (Wildman–Crippen LogP) is 3.34. The van der Waals surface area contributed by atoms with Crippen molar-refractivity contribution in [3.8, 4) is 17.3 Å². The Morgan fingerprint density at radius 1 is 1.04 bits per heavy atom. The number of benzene rings is 1. The summed E-state index contributed by atoms with van der Waals surface area (Å²) in [7, 11) is 1.59. The summed E-state index contributed by atoms with van der Waals surface area (Å²) in [6.07, 6.45) is 3.50. The number of methoxy groups -OCH3 is 1. The van der Waals surface area contributed by atoms with Crippen LogP contribution in [0.3, 0.4) is 0 Å². The lowest BCUT2D eigenvalue weighted by molar-refractivity contribution is 0.398. The molecule has 0 aliphatic carbocycles. The number of imidazole rings is 1. The highest BCUT2D eigenvalue weighted by atomic mass is 16.5. The van der Waals surface area contributed by atoms with E-state index in [0.29, 0.717) is 18.2 Å². The van der Waals surface area contributed by atoms with E-state index in [1.54, 1.807) is 25.6 Å². The molecule has 1 aromatic carbocycles. The minimum atomic E-state index is 0.548. The van der Waals surface area contributed by atoms with Crippen LogP contribution in [0.2, 0.25) is 0 Å². The lowest BCUT2D eigenvalue weighted by Gasteiger charge is -2.09. The number of anilines is 1. The van der Waals surface area contributed by atoms with Crippen LogP contribution in [-0.4, -0.2) is 32.0 Å². The van der Waals surface area contributed by atoms with Gasteiger partial charge in [-0.1, -0.05) is 12.1 Å². The molecule has 0 saturated heterocycles. The number of hydrogen-bond donors (Lipinski definition) is 2. The number of nitrogens with one attached hydrogen (secondary N) is 2. The smallest absolute Gasteiger partial charge is 0.212 e. The second kappa shape index (κ2) is 6.79. The van der Waals surface area contributed by atoms with E-state index in [2.05, 4.69) is 30.2 Å². The van der Waals surface area contributed by atoms with Gasteiger partial charge in [0.15, 0.2) is 5.82 Å². The number of aryl methyl sites for hydroxylation is 1. The largest absolute Gasteiger partial charge is 0.481 e. The first-order chi connectivity index (χ1) is 12.7. The molecule has 4 rings (SSSR count). The molecule has 0 amide bonds. The Balaban J connectivity index is 1.55. The van der Waals surface area contributed by atoms with Gasteiger partial charge in [0, 0.05) is 29.6 Å². The first-order valence-electron chi connectivity index (χ1n) is 8.24. The lowest BCUT2D eigenvalue weighted by Crippen LogP contribution is -2.06. The minimum absolute atomic E-state index is 0.548. The Kier molecular flexibility index (Phi) is 4.18. The van der Waals surface area contributed by atoms with Gasteiger partial charge >= 0.3 is 0 Å². The molecule has 0 aliphatic rings. The third-order valence-electron chi connectivity index (χ3n) is 4.04. The van der Waals surface area contributed by atoms with Gasteiger partial charge in [0.1, 0.15) is 11.6 Å². The van der Waals surface area contributed by atoms with Gasteiger partial charge < -0.3 is 15.0 Å². The van der Waals surface area contributed by atoms with Crippen LogP contribution in [-0.2, 0) is 6.54 Å². The van der Waals surface area contributed by atoms with Crippen molar-refractivity contribution in [2.24, 2.45) is 0 Å². The van der Waals surface area contributed by atoms with Crippen LogP contribution in [0, 0.1) is 6.92 Å². The van der Waals surface area contributed by atoms with Crippen LogP contribution >= 0.6 is 0 Å². The zero-order chi connectivity index (χ0) is 17.9. The van der Waals surface area contributed by atoms with E-state index in [4.69, 9.17) is 4.74 Å². The first kappa shape index (κ1) is 16.0. The summed E-state index contributed by atoms with van der Waals surface area (Å²) in [6.45, 7) is 2.52. The molecular weight excluding hydrogens is 328 g/mol. The number of nitrogens with zero attached hydrogens (tertiary/aromatic N) is 4. The topological polar surface area (TPSA) is 88.6 Å². The number of pyridine rings is 1. The van der Waals surface area contributed by atoms with Crippen LogP contribution in [0.4, 0.5) is 5.82 Å². The summed E-state index contributed by atoms with van der Waals surface area (Å²) in [5, 5.41) is 3.33. The van der Waals surface area contributed by atoms with Crippen molar-refractivity contribution in [2.75, 3.05) is 12.4 Å². The van der Waals surface area contributed by atoms with Crippen LogP contribution in [0.25, 0.3) is 22.4 Å². The molecule has 0 spiro atoms. The molecule has 0 bridgehead atoms. The van der Waals surface area contributed by atoms with Crippen LogP contribution in [0.1, 0.15) is 11.4 Å². The van der Waals surface area contributed by atoms with Gasteiger partial charge in [-0.25, -0.2) is 19.9 Å². The number of ether oxygens (including phenoxy) is 1. The molecule has 0 saturated carbocycles. The van der Waals surface area contributed by atoms with E-state index in [9.17, 15) is 0 Å². The molecule has 2 N–H and O–H groups in total. The van der Waals surface area contributed by atoms with E-state index in [1.807, 2.05) is 37.3 Å². The molecule has 0 aliphatic heterocycles. The Labute approximate surface area is 150 Å². The fourth-order valence-corrected chi connectivity index (χ4v) is 2.65. The van der Waals surface area contributed by atoms with Gasteiger partial charge in [-0.15, -0.1) is 0 Å². The van der Waals surface area contributed by atoms with Gasteiger partial charge in [0.05, 0.1) is 24.7 Å². The van der Waals surface area contributed by atoms with Crippen molar-refractivity contribution in [3.63, 3.8) is 0 Å². The highest BCUT2D eigenvalue weighted by molar-refractivity contribution is 5.74. The SMILES string of the molecule is COc1ccc(-c2ncc(C)c(NCc3nc4ccccc4[nH]3)n2)cn1. The number of para-hydroxylation sites is 2. The van der Waals surface area contributed by atoms with Gasteiger partial charge in [0.2, 0.25) is 5.88 Å². The van der Waals surface area contributed by atoms with Gasteiger partial charge in [-0.2, -0.15) is 0 Å². The van der Waals surface area contributed by atoms with Gasteiger partial charge in [0.25, 0.3) is 0 Å². The second-order valence-corrected chi connectivity index (χ2v) is 5.87. The molecule has 130 valence electrons. The first-order valence-corrected chi connectivity index (χ1v) is 8.24. The molecule has 0 atom stereocenters. The molecule has 3 aromatic heterocycles. The van der Waals surface area contributed by atoms with Crippen molar-refractivity contribution in [2.45, 2.75) is 13.5 Å². The Bertz CT molecular complexity index is 1010. The standard InChI is InChI=1S/C19H18N6O/c1-12-9-21-19(13-7-8-17(26-2)20-10-13)25-18(12)22-11-16-23-14-5-3-4-6-15(14)24-16/h3-10H,11H2,1-2H3,(H,23,24)(H,21,22,25). The van der Waals surface area contributed by atoms with Crippen LogP contribution in [0.15, 0.2) is 48.8 Å². The Morgan fingerprint density at radius 3 is 2.69 bits per heavy atom. The average molecular weight is 346 g/mol. The highest BCUT2D eigenvalue weighted by Gasteiger charge is 2.08. The summed E-state index contributed by atoms with van der Waals surface area (Å²) < 4.78 is 5.09. The number of rotatable bonds is 5. The quantitative estimate of drug-likeness (QED) is 0.576. The van der Waals surface area contributed by atoms with E-state index in [-0.39, 0.29) is 0 Å². The molecule has 0 unspecified atom stereocenters. The van der Waals surface area contributed by atoms with Crippen molar-refractivity contribution in [3.05, 3.63) is 60.2 Å². The molecule has 26 heavy (non-hydrogen) atoms. The second-order valence-electron chi connectivity index (χ2n) is 5.87. The maximum atomic E-state index is 5.09. The summed E-state index contributed by atoms with van der Waals surface area (Å²) >= 11 is 0. The van der Waals surface area contributed by atoms with Crippen molar-refractivity contribution in [1.29, 1.82) is 0 Å². The molecule has 0 fully saturated rings. The number of aromatic amines is 1. The normalized spacial score (nSPS) is 10.8. The van der Waals surface area contributed by atoms with Gasteiger partial charge in [-0.05, 0) is 25.1 Å². The van der Waals surface area contributed by atoms with E-state index >= 15 is 0 Å². The maximum Gasteiger partial charge on any atom is 0.212 e. The van der Waals surface area contributed by atoms with E-state index in [1.165, 1.54) is 0 Å². The molecule has 3 heterocycles. The summed E-state index contributed by atoms with van der Waals surface area (Å²) in [4.78, 5) is 21.1. The highest BCUT2D eigenvalue weighted by Crippen LogP contribution is 2.20. The number of fused-ring (bicyclic) bond motifs is 1. The monoisotopic (exact) mass is 346 g/mol. The fraction of sp³-hybridized carbons (Fsp3) is 0.158. The number of H-pyrrole nitrogens is 1. The fourth-order valence-electron chi connectivity index (χ4n) is 2.65. The summed E-state index contributed by atoms with van der Waals surface area (Å²) in [5.74, 6) is 2.80. The zero-order valence-corrected chi connectivity index (χ0v) is 14.5. The van der Waals surface area contributed by atoms with E-state index in [0.717, 1.165) is 33.8 Å². The summed E-state index contributed by atoms with van der Waals surface area (Å²) in [5.41, 5.74) is 3.77. The van der Waals surface area contributed by atoms with Crippen molar-refractivity contribution >= 4 is 16.9 Å².